The number of aliphatic hydroxyl groups excluding tert-OH is 1. The Kier molecular flexibility index (Phi) is 3.57. The Morgan fingerprint density at radius 1 is 1.26 bits per heavy atom. The number of ether oxygens (including phenoxy) is 1. The van der Waals surface area contributed by atoms with E-state index < -0.39 is 40.9 Å². The van der Waals surface area contributed by atoms with Crippen LogP contribution in [0.5, 0.6) is 11.8 Å². The standard InChI is InChI=1S/C18H13F3N2O4/c1-22-11-3-2-9(8-10(11)18(19,20)21)23-15(25)13-12-4-5-17(27-12,6-7-24)14(13)16(23)26/h2-5,8,12,24-26H,6-7H2. The second-order valence-corrected chi connectivity index (χ2v) is 6.34. The maximum absolute atomic E-state index is 13.3. The number of aliphatic hydroxyl groups is 1. The van der Waals surface area contributed by atoms with Crippen molar-refractivity contribution in [2.45, 2.75) is 24.3 Å². The molecule has 2 aliphatic rings. The third-order valence-electron chi connectivity index (χ3n) is 4.89. The lowest BCUT2D eigenvalue weighted by molar-refractivity contribution is -0.136. The molecule has 2 aliphatic heterocycles. The van der Waals surface area contributed by atoms with Gasteiger partial charge in [-0.05, 0) is 18.2 Å². The van der Waals surface area contributed by atoms with Crippen molar-refractivity contribution in [3.8, 4) is 17.4 Å². The number of fused-ring (bicyclic) bond motifs is 5. The zero-order valence-corrected chi connectivity index (χ0v) is 13.7. The van der Waals surface area contributed by atoms with Crippen LogP contribution in [0.4, 0.5) is 18.9 Å². The smallest absolute Gasteiger partial charge is 0.407 e. The highest BCUT2D eigenvalue weighted by Crippen LogP contribution is 2.59. The Morgan fingerprint density at radius 3 is 2.63 bits per heavy atom. The molecule has 9 heteroatoms. The van der Waals surface area contributed by atoms with Gasteiger partial charge in [-0.3, -0.25) is 4.57 Å². The quantitative estimate of drug-likeness (QED) is 0.562. The summed E-state index contributed by atoms with van der Waals surface area (Å²) in [7, 11) is 0. The minimum atomic E-state index is -4.77. The molecule has 2 atom stereocenters. The van der Waals surface area contributed by atoms with Gasteiger partial charge in [0.15, 0.2) is 5.69 Å². The normalized spacial score (nSPS) is 22.9. The Balaban J connectivity index is 1.92. The topological polar surface area (TPSA) is 79.2 Å². The van der Waals surface area contributed by atoms with Crippen molar-refractivity contribution in [3.05, 3.63) is 58.5 Å². The van der Waals surface area contributed by atoms with Gasteiger partial charge in [0.1, 0.15) is 11.7 Å². The lowest BCUT2D eigenvalue weighted by atomic mass is 9.87. The summed E-state index contributed by atoms with van der Waals surface area (Å²) < 4.78 is 46.4. The fourth-order valence-corrected chi connectivity index (χ4v) is 3.76. The van der Waals surface area contributed by atoms with E-state index in [0.717, 1.165) is 10.6 Å². The van der Waals surface area contributed by atoms with Crippen molar-refractivity contribution >= 4 is 5.69 Å². The minimum Gasteiger partial charge on any atom is -0.494 e. The fraction of sp³-hybridized carbons (Fsp3) is 0.278. The first kappa shape index (κ1) is 17.5. The van der Waals surface area contributed by atoms with Crippen LogP contribution >= 0.6 is 0 Å². The van der Waals surface area contributed by atoms with Crippen molar-refractivity contribution < 1.29 is 33.2 Å². The lowest BCUT2D eigenvalue weighted by Gasteiger charge is -2.23. The van der Waals surface area contributed by atoms with Crippen molar-refractivity contribution in [1.29, 1.82) is 0 Å². The number of halogens is 3. The molecule has 27 heavy (non-hydrogen) atoms. The van der Waals surface area contributed by atoms with E-state index in [0.29, 0.717) is 6.07 Å². The number of hydrogen-bond acceptors (Lipinski definition) is 4. The third kappa shape index (κ3) is 2.27. The first-order valence-corrected chi connectivity index (χ1v) is 7.97. The molecule has 2 bridgehead atoms. The van der Waals surface area contributed by atoms with E-state index in [1.807, 2.05) is 0 Å². The van der Waals surface area contributed by atoms with Crippen molar-refractivity contribution in [1.82, 2.24) is 4.57 Å². The summed E-state index contributed by atoms with van der Waals surface area (Å²) in [5.41, 5.74) is -2.53. The van der Waals surface area contributed by atoms with E-state index in [-0.39, 0.29) is 29.8 Å². The molecule has 3 heterocycles. The summed E-state index contributed by atoms with van der Waals surface area (Å²) in [6, 6.07) is 2.91. The van der Waals surface area contributed by atoms with Gasteiger partial charge in [0.05, 0.1) is 28.9 Å². The second-order valence-electron chi connectivity index (χ2n) is 6.34. The molecule has 0 spiro atoms. The zero-order chi connectivity index (χ0) is 19.6. The average Bonchev–Trinajstić information content (AvgIpc) is 3.24. The van der Waals surface area contributed by atoms with Crippen LogP contribution < -0.4 is 0 Å². The molecule has 0 aliphatic carbocycles. The number of benzene rings is 1. The monoisotopic (exact) mass is 378 g/mol. The van der Waals surface area contributed by atoms with Crippen LogP contribution in [-0.4, -0.2) is 26.5 Å². The van der Waals surface area contributed by atoms with E-state index in [1.165, 1.54) is 6.07 Å². The summed E-state index contributed by atoms with van der Waals surface area (Å²) in [5.74, 6) is -0.910. The fourth-order valence-electron chi connectivity index (χ4n) is 3.76. The van der Waals surface area contributed by atoms with Crippen molar-refractivity contribution in [3.63, 3.8) is 0 Å². The summed E-state index contributed by atoms with van der Waals surface area (Å²) >= 11 is 0. The molecular weight excluding hydrogens is 365 g/mol. The number of rotatable bonds is 3. The molecule has 1 aromatic carbocycles. The maximum atomic E-state index is 13.3. The van der Waals surface area contributed by atoms with Crippen LogP contribution in [0, 0.1) is 6.57 Å². The largest absolute Gasteiger partial charge is 0.494 e. The molecule has 3 N–H and O–H groups in total. The minimum absolute atomic E-state index is 0.120. The summed E-state index contributed by atoms with van der Waals surface area (Å²) in [6.45, 7) is 6.66. The van der Waals surface area contributed by atoms with Gasteiger partial charge in [0.25, 0.3) is 0 Å². The van der Waals surface area contributed by atoms with Gasteiger partial charge in [-0.1, -0.05) is 12.1 Å². The molecule has 1 aromatic heterocycles. The Hall–Kier alpha value is -2.96. The highest BCUT2D eigenvalue weighted by Gasteiger charge is 2.52. The van der Waals surface area contributed by atoms with Crippen LogP contribution in [0.25, 0.3) is 10.5 Å². The summed E-state index contributed by atoms with van der Waals surface area (Å²) in [4.78, 5) is 2.87. The number of alkyl halides is 3. The Bertz CT molecular complexity index is 1020. The molecule has 0 fully saturated rings. The molecule has 0 saturated heterocycles. The Morgan fingerprint density at radius 2 is 2.00 bits per heavy atom. The highest BCUT2D eigenvalue weighted by atomic mass is 19.4. The van der Waals surface area contributed by atoms with Crippen LogP contribution in [0.1, 0.15) is 29.2 Å². The van der Waals surface area contributed by atoms with Crippen LogP contribution in [0.15, 0.2) is 30.4 Å². The predicted octanol–water partition coefficient (Wildman–Crippen LogP) is 3.68. The van der Waals surface area contributed by atoms with E-state index in [9.17, 15) is 28.5 Å². The van der Waals surface area contributed by atoms with Crippen LogP contribution in [-0.2, 0) is 16.5 Å². The molecule has 6 nitrogen and oxygen atoms in total. The van der Waals surface area contributed by atoms with Gasteiger partial charge in [-0.15, -0.1) is 0 Å². The third-order valence-corrected chi connectivity index (χ3v) is 4.89. The van der Waals surface area contributed by atoms with Crippen molar-refractivity contribution in [2.24, 2.45) is 0 Å². The molecule has 0 radical (unpaired) electrons. The van der Waals surface area contributed by atoms with E-state index in [4.69, 9.17) is 11.3 Å². The molecule has 140 valence electrons. The van der Waals surface area contributed by atoms with Gasteiger partial charge < -0.3 is 20.1 Å². The molecule has 0 amide bonds. The average molecular weight is 378 g/mol. The van der Waals surface area contributed by atoms with Crippen LogP contribution in [0.3, 0.4) is 0 Å². The molecule has 4 rings (SSSR count). The highest BCUT2D eigenvalue weighted by molar-refractivity contribution is 5.64. The van der Waals surface area contributed by atoms with Gasteiger partial charge >= 0.3 is 6.18 Å². The summed E-state index contributed by atoms with van der Waals surface area (Å²) in [5, 5.41) is 30.6. The number of nitrogens with zero attached hydrogens (tertiary/aromatic N) is 2. The zero-order valence-electron chi connectivity index (χ0n) is 13.7. The summed E-state index contributed by atoms with van der Waals surface area (Å²) in [6.07, 6.45) is -2.00. The van der Waals surface area contributed by atoms with Gasteiger partial charge in [-0.2, -0.15) is 13.2 Å². The number of aromatic nitrogens is 1. The maximum Gasteiger partial charge on any atom is 0.407 e. The van der Waals surface area contributed by atoms with Crippen molar-refractivity contribution in [2.75, 3.05) is 6.61 Å². The first-order valence-electron chi connectivity index (χ1n) is 7.97. The molecule has 0 saturated carbocycles. The lowest BCUT2D eigenvalue weighted by Crippen LogP contribution is -2.22. The number of aromatic hydroxyl groups is 2. The second kappa shape index (κ2) is 5.52. The Labute approximate surface area is 151 Å². The molecular formula is C18H13F3N2O4. The van der Waals surface area contributed by atoms with Gasteiger partial charge in [-0.25, -0.2) is 4.85 Å². The predicted molar refractivity (Wildman–Crippen MR) is 86.7 cm³/mol. The van der Waals surface area contributed by atoms with Gasteiger partial charge in [0.2, 0.25) is 11.8 Å². The van der Waals surface area contributed by atoms with Gasteiger partial charge in [0, 0.05) is 13.0 Å². The molecule has 2 aromatic rings. The molecule has 2 unspecified atom stereocenters. The van der Waals surface area contributed by atoms with E-state index in [2.05, 4.69) is 4.85 Å². The van der Waals surface area contributed by atoms with E-state index >= 15 is 0 Å². The number of hydrogen-bond donors (Lipinski definition) is 3. The van der Waals surface area contributed by atoms with E-state index in [1.54, 1.807) is 12.2 Å². The SMILES string of the molecule is [C-]#[N+]c1ccc(-n2c(O)c3c(c2O)C2(CCO)C=CC3O2)cc1C(F)(F)F. The van der Waals surface area contributed by atoms with Crippen LogP contribution in [0.2, 0.25) is 0 Å². The first-order chi connectivity index (χ1) is 12.7.